The highest BCUT2D eigenvalue weighted by molar-refractivity contribution is 6.74. The number of aliphatic hydroxyl groups is 1. The average molecular weight is 359 g/mol. The van der Waals surface area contributed by atoms with Crippen LogP contribution >= 0.6 is 0 Å². The summed E-state index contributed by atoms with van der Waals surface area (Å²) in [6.45, 7) is 18.0. The molecular formula is C19H38O4Si. The smallest absolute Gasteiger partial charge is 0.192 e. The lowest BCUT2D eigenvalue weighted by atomic mass is 10.0. The Balaban J connectivity index is 2.79. The van der Waals surface area contributed by atoms with Crippen LogP contribution in [-0.4, -0.2) is 44.6 Å². The first-order valence-electron chi connectivity index (χ1n) is 9.22. The second-order valence-electron chi connectivity index (χ2n) is 8.78. The number of hydrogen-bond acceptors (Lipinski definition) is 4. The van der Waals surface area contributed by atoms with Gasteiger partial charge in [-0.1, -0.05) is 46.6 Å². The molecule has 0 unspecified atom stereocenters. The maximum Gasteiger partial charge on any atom is 0.192 e. The Morgan fingerprint density at radius 1 is 1.38 bits per heavy atom. The Morgan fingerprint density at radius 3 is 2.46 bits per heavy atom. The van der Waals surface area contributed by atoms with Crippen molar-refractivity contribution in [2.45, 2.75) is 96.9 Å². The van der Waals surface area contributed by atoms with E-state index in [2.05, 4.69) is 46.9 Å². The summed E-state index contributed by atoms with van der Waals surface area (Å²) in [4.78, 5) is 0. The molecule has 1 fully saturated rings. The molecule has 1 aliphatic rings. The largest absolute Gasteiger partial charge is 0.413 e. The third-order valence-electron chi connectivity index (χ3n) is 5.13. The molecule has 1 N–H and O–H groups in total. The second-order valence-corrected chi connectivity index (χ2v) is 13.6. The molecule has 2 atom stereocenters. The van der Waals surface area contributed by atoms with Gasteiger partial charge in [0.2, 0.25) is 0 Å². The summed E-state index contributed by atoms with van der Waals surface area (Å²) in [5, 5.41) is 11.0. The molecule has 0 bridgehead atoms. The molecule has 0 aromatic heterocycles. The summed E-state index contributed by atoms with van der Waals surface area (Å²) in [6.07, 6.45) is 4.35. The van der Waals surface area contributed by atoms with Crippen molar-refractivity contribution in [3.63, 3.8) is 0 Å². The van der Waals surface area contributed by atoms with Crippen molar-refractivity contribution in [1.29, 1.82) is 0 Å². The normalized spacial score (nSPS) is 23.5. The van der Waals surface area contributed by atoms with Crippen molar-refractivity contribution < 1.29 is 19.0 Å². The van der Waals surface area contributed by atoms with E-state index >= 15 is 0 Å². The summed E-state index contributed by atoms with van der Waals surface area (Å²) in [6, 6.07) is 0. The highest BCUT2D eigenvalue weighted by atomic mass is 28.4. The summed E-state index contributed by atoms with van der Waals surface area (Å²) >= 11 is 0. The Hall–Kier alpha value is -0.203. The zero-order valence-corrected chi connectivity index (χ0v) is 17.9. The van der Waals surface area contributed by atoms with Crippen molar-refractivity contribution in [3.05, 3.63) is 11.6 Å². The number of hydrogen-bond donors (Lipinski definition) is 1. The number of aliphatic hydroxyl groups excluding tert-OH is 1. The summed E-state index contributed by atoms with van der Waals surface area (Å²) in [5.41, 5.74) is 0.930. The Morgan fingerprint density at radius 2 is 2.00 bits per heavy atom. The van der Waals surface area contributed by atoms with Gasteiger partial charge >= 0.3 is 0 Å². The van der Waals surface area contributed by atoms with E-state index in [4.69, 9.17) is 13.9 Å². The van der Waals surface area contributed by atoms with E-state index in [-0.39, 0.29) is 11.1 Å². The first kappa shape index (κ1) is 21.8. The van der Waals surface area contributed by atoms with Crippen LogP contribution in [0.4, 0.5) is 0 Å². The fourth-order valence-corrected chi connectivity index (χ4v) is 3.31. The van der Waals surface area contributed by atoms with Gasteiger partial charge in [-0.25, -0.2) is 0 Å². The lowest BCUT2D eigenvalue weighted by Crippen LogP contribution is -2.42. The fraction of sp³-hybridized carbons (Fsp3) is 0.895. The minimum atomic E-state index is -1.85. The van der Waals surface area contributed by atoms with Crippen molar-refractivity contribution >= 4 is 8.32 Å². The topological polar surface area (TPSA) is 47.9 Å². The van der Waals surface area contributed by atoms with Crippen LogP contribution in [0.2, 0.25) is 18.1 Å². The van der Waals surface area contributed by atoms with Gasteiger partial charge in [0.15, 0.2) is 14.1 Å². The standard InChI is InChI=1S/C19H38O4Si/c1-9-10-11-12-15(13-22-24(7,8)18(2,3)4)17(20)16-14-21-19(5,6)23-16/h12,16-17,20H,9-11,13-14H2,1-8H3/b15-12+/t16-,17-/m1/s1. The van der Waals surface area contributed by atoms with E-state index in [0.29, 0.717) is 13.2 Å². The van der Waals surface area contributed by atoms with Gasteiger partial charge in [0, 0.05) is 0 Å². The molecule has 0 aromatic carbocycles. The maximum absolute atomic E-state index is 10.8. The number of ether oxygens (including phenoxy) is 2. The molecule has 0 aromatic rings. The van der Waals surface area contributed by atoms with Gasteiger partial charge in [-0.3, -0.25) is 0 Å². The van der Waals surface area contributed by atoms with Crippen molar-refractivity contribution in [2.24, 2.45) is 0 Å². The predicted octanol–water partition coefficient (Wildman–Crippen LogP) is 4.64. The van der Waals surface area contributed by atoms with Gasteiger partial charge in [0.1, 0.15) is 12.2 Å². The summed E-state index contributed by atoms with van der Waals surface area (Å²) in [5.74, 6) is -0.625. The van der Waals surface area contributed by atoms with Crippen LogP contribution in [0.25, 0.3) is 0 Å². The van der Waals surface area contributed by atoms with Gasteiger partial charge in [-0.05, 0) is 44.0 Å². The zero-order chi connectivity index (χ0) is 18.6. The first-order chi connectivity index (χ1) is 10.9. The molecule has 1 aliphatic heterocycles. The van der Waals surface area contributed by atoms with Crippen LogP contribution in [0.3, 0.4) is 0 Å². The first-order valence-corrected chi connectivity index (χ1v) is 12.1. The average Bonchev–Trinajstić information content (AvgIpc) is 2.81. The highest BCUT2D eigenvalue weighted by Crippen LogP contribution is 2.37. The zero-order valence-electron chi connectivity index (χ0n) is 16.9. The quantitative estimate of drug-likeness (QED) is 0.390. The van der Waals surface area contributed by atoms with E-state index in [0.717, 1.165) is 24.8 Å². The van der Waals surface area contributed by atoms with Gasteiger partial charge in [-0.15, -0.1) is 0 Å². The minimum absolute atomic E-state index is 0.154. The van der Waals surface area contributed by atoms with Crippen molar-refractivity contribution in [2.75, 3.05) is 13.2 Å². The summed E-state index contributed by atoms with van der Waals surface area (Å²) < 4.78 is 17.8. The lowest BCUT2D eigenvalue weighted by Gasteiger charge is -2.37. The summed E-state index contributed by atoms with van der Waals surface area (Å²) in [7, 11) is -1.85. The monoisotopic (exact) mass is 358 g/mol. The SMILES string of the molecule is CCCC/C=C(\CO[Si](C)(C)C(C)(C)C)[C@@H](O)[C@H]1COC(C)(C)O1. The van der Waals surface area contributed by atoms with Gasteiger partial charge < -0.3 is 19.0 Å². The van der Waals surface area contributed by atoms with E-state index in [1.165, 1.54) is 0 Å². The number of allylic oxidation sites excluding steroid dienone is 1. The Kier molecular flexibility index (Phi) is 7.69. The molecule has 1 saturated heterocycles. The molecule has 0 amide bonds. The van der Waals surface area contributed by atoms with E-state index < -0.39 is 20.2 Å². The molecule has 1 rings (SSSR count). The second kappa shape index (κ2) is 8.45. The Labute approximate surface area is 149 Å². The van der Waals surface area contributed by atoms with Gasteiger partial charge in [0.25, 0.3) is 0 Å². The molecule has 142 valence electrons. The minimum Gasteiger partial charge on any atom is -0.413 e. The molecule has 1 heterocycles. The molecule has 0 spiro atoms. The lowest BCUT2D eigenvalue weighted by molar-refractivity contribution is -0.148. The van der Waals surface area contributed by atoms with E-state index in [1.54, 1.807) is 0 Å². The predicted molar refractivity (Wildman–Crippen MR) is 102 cm³/mol. The van der Waals surface area contributed by atoms with Crippen LogP contribution in [0, 0.1) is 0 Å². The van der Waals surface area contributed by atoms with Gasteiger partial charge in [0.05, 0.1) is 13.2 Å². The van der Waals surface area contributed by atoms with Crippen molar-refractivity contribution in [1.82, 2.24) is 0 Å². The van der Waals surface area contributed by atoms with Crippen LogP contribution < -0.4 is 0 Å². The number of unbranched alkanes of at least 4 members (excludes halogenated alkanes) is 2. The molecule has 24 heavy (non-hydrogen) atoms. The molecule has 0 aliphatic carbocycles. The molecule has 0 radical (unpaired) electrons. The van der Waals surface area contributed by atoms with Crippen LogP contribution in [0.15, 0.2) is 11.6 Å². The van der Waals surface area contributed by atoms with E-state index in [9.17, 15) is 5.11 Å². The fourth-order valence-electron chi connectivity index (χ4n) is 2.35. The van der Waals surface area contributed by atoms with E-state index in [1.807, 2.05) is 13.8 Å². The number of rotatable bonds is 8. The van der Waals surface area contributed by atoms with Crippen LogP contribution in [0.1, 0.15) is 60.8 Å². The maximum atomic E-state index is 10.8. The molecule has 5 heteroatoms. The molecule has 4 nitrogen and oxygen atoms in total. The third-order valence-corrected chi connectivity index (χ3v) is 9.61. The third kappa shape index (κ3) is 6.26. The Bertz CT molecular complexity index is 424. The van der Waals surface area contributed by atoms with Gasteiger partial charge in [-0.2, -0.15) is 0 Å². The van der Waals surface area contributed by atoms with Crippen LogP contribution in [-0.2, 0) is 13.9 Å². The van der Waals surface area contributed by atoms with Crippen LogP contribution in [0.5, 0.6) is 0 Å². The molecule has 0 saturated carbocycles. The highest BCUT2D eigenvalue weighted by Gasteiger charge is 2.40. The molecular weight excluding hydrogens is 320 g/mol. The van der Waals surface area contributed by atoms with Crippen molar-refractivity contribution in [3.8, 4) is 0 Å².